The Morgan fingerprint density at radius 2 is 2.00 bits per heavy atom. The molecule has 0 heterocycles. The molecule has 0 fully saturated rings. The van der Waals surface area contributed by atoms with Crippen molar-refractivity contribution in [3.8, 4) is 5.75 Å². The third-order valence-corrected chi connectivity index (χ3v) is 3.18. The molecule has 0 aliphatic heterocycles. The van der Waals surface area contributed by atoms with Crippen LogP contribution in [0.1, 0.15) is 5.56 Å². The molecule has 0 saturated heterocycles. The zero-order valence-corrected chi connectivity index (χ0v) is 9.54. The molecule has 0 saturated carbocycles. The van der Waals surface area contributed by atoms with Crippen LogP contribution in [-0.4, -0.2) is 32.0 Å². The first-order chi connectivity index (χ1) is 7.71. The molecule has 0 bridgehead atoms. The fourth-order valence-corrected chi connectivity index (χ4v) is 2.16. The minimum atomic E-state index is -4.58. The highest BCUT2D eigenvalue weighted by Gasteiger charge is 2.24. The van der Waals surface area contributed by atoms with Gasteiger partial charge >= 0.3 is 13.6 Å². The molecule has 0 aliphatic rings. The predicted molar refractivity (Wildman–Crippen MR) is 59.1 cm³/mol. The molecule has 6 N–H and O–H groups in total. The zero-order chi connectivity index (χ0) is 13.2. The van der Waals surface area contributed by atoms with E-state index in [2.05, 4.69) is 0 Å². The van der Waals surface area contributed by atoms with Crippen molar-refractivity contribution in [2.75, 3.05) is 0 Å². The summed E-state index contributed by atoms with van der Waals surface area (Å²) in [4.78, 5) is 28.7. The third-order valence-electron chi connectivity index (χ3n) is 2.14. The molecule has 7 nitrogen and oxygen atoms in total. The molecule has 94 valence electrons. The maximum atomic E-state index is 11.2. The van der Waals surface area contributed by atoms with Gasteiger partial charge in [-0.15, -0.1) is 0 Å². The van der Waals surface area contributed by atoms with Gasteiger partial charge in [0.25, 0.3) is 0 Å². The van der Waals surface area contributed by atoms with Crippen molar-refractivity contribution in [1.29, 1.82) is 0 Å². The quantitative estimate of drug-likeness (QED) is 0.444. The molecule has 0 aliphatic carbocycles. The molecule has 0 radical (unpaired) electrons. The van der Waals surface area contributed by atoms with E-state index >= 15 is 0 Å². The largest absolute Gasteiger partial charge is 0.508 e. The van der Waals surface area contributed by atoms with Gasteiger partial charge in [0.1, 0.15) is 11.8 Å². The molecule has 1 aromatic carbocycles. The minimum Gasteiger partial charge on any atom is -0.508 e. The fraction of sp³-hybridized carbons (Fsp3) is 0.222. The smallest absolute Gasteiger partial charge is 0.356 e. The lowest BCUT2D eigenvalue weighted by Crippen LogP contribution is -2.33. The van der Waals surface area contributed by atoms with Gasteiger partial charge in [0, 0.05) is 0 Å². The molecule has 0 spiro atoms. The average molecular weight is 261 g/mol. The second-order valence-corrected chi connectivity index (χ2v) is 5.08. The first kappa shape index (κ1) is 13.7. The highest BCUT2D eigenvalue weighted by atomic mass is 31.2. The monoisotopic (exact) mass is 261 g/mol. The summed E-state index contributed by atoms with van der Waals surface area (Å²) in [5.74, 6) is -1.58. The van der Waals surface area contributed by atoms with E-state index in [4.69, 9.17) is 25.7 Å². The summed E-state index contributed by atoms with van der Waals surface area (Å²) in [7, 11) is -4.58. The Bertz CT molecular complexity index is 482. The molecule has 1 atom stereocenters. The Morgan fingerprint density at radius 3 is 2.47 bits per heavy atom. The van der Waals surface area contributed by atoms with Crippen molar-refractivity contribution in [2.24, 2.45) is 5.73 Å². The van der Waals surface area contributed by atoms with Crippen LogP contribution in [0.15, 0.2) is 18.2 Å². The Balaban J connectivity index is 3.16. The molecule has 1 aromatic rings. The number of benzene rings is 1. The van der Waals surface area contributed by atoms with E-state index < -0.39 is 24.9 Å². The highest BCUT2D eigenvalue weighted by molar-refractivity contribution is 7.60. The molecule has 0 aromatic heterocycles. The molecule has 0 amide bonds. The topological polar surface area (TPSA) is 141 Å². The maximum absolute atomic E-state index is 11.2. The lowest BCUT2D eigenvalue weighted by atomic mass is 10.1. The van der Waals surface area contributed by atoms with E-state index in [1.54, 1.807) is 0 Å². The van der Waals surface area contributed by atoms with Gasteiger partial charge < -0.3 is 25.7 Å². The molecular weight excluding hydrogens is 249 g/mol. The number of aliphatic carboxylic acids is 1. The van der Waals surface area contributed by atoms with Gasteiger partial charge in [0.15, 0.2) is 0 Å². The van der Waals surface area contributed by atoms with E-state index in [-0.39, 0.29) is 17.7 Å². The van der Waals surface area contributed by atoms with E-state index in [1.807, 2.05) is 0 Å². The van der Waals surface area contributed by atoms with E-state index in [0.29, 0.717) is 0 Å². The molecule has 17 heavy (non-hydrogen) atoms. The fourth-order valence-electron chi connectivity index (χ4n) is 1.32. The number of hydrogen-bond acceptors (Lipinski definition) is 4. The summed E-state index contributed by atoms with van der Waals surface area (Å²) in [5, 5.41) is 17.4. The average Bonchev–Trinajstić information content (AvgIpc) is 2.18. The maximum Gasteiger partial charge on any atom is 0.356 e. The Morgan fingerprint density at radius 1 is 1.41 bits per heavy atom. The number of carboxylic acids is 1. The van der Waals surface area contributed by atoms with Crippen molar-refractivity contribution < 1.29 is 29.4 Å². The highest BCUT2D eigenvalue weighted by Crippen LogP contribution is 2.36. The van der Waals surface area contributed by atoms with Gasteiger partial charge in [0.05, 0.1) is 5.30 Å². The second kappa shape index (κ2) is 4.85. The van der Waals surface area contributed by atoms with Gasteiger partial charge in [-0.25, -0.2) is 0 Å². The van der Waals surface area contributed by atoms with Crippen LogP contribution in [0.4, 0.5) is 0 Å². The SMILES string of the molecule is N[C@@H](Cc1ccc(O)cc1P(=O)(O)O)C(=O)O. The van der Waals surface area contributed by atoms with E-state index in [9.17, 15) is 9.36 Å². The van der Waals surface area contributed by atoms with Crippen LogP contribution in [-0.2, 0) is 15.8 Å². The van der Waals surface area contributed by atoms with Gasteiger partial charge in [-0.05, 0) is 24.1 Å². The molecule has 8 heteroatoms. The number of nitrogens with two attached hydrogens (primary N) is 1. The van der Waals surface area contributed by atoms with Crippen LogP contribution in [0, 0.1) is 0 Å². The van der Waals surface area contributed by atoms with Crippen molar-refractivity contribution in [3.05, 3.63) is 23.8 Å². The van der Waals surface area contributed by atoms with Gasteiger partial charge in [-0.3, -0.25) is 9.36 Å². The van der Waals surface area contributed by atoms with Crippen molar-refractivity contribution in [1.82, 2.24) is 0 Å². The third kappa shape index (κ3) is 3.54. The normalized spacial score (nSPS) is 13.4. The Hall–Kier alpha value is -1.40. The first-order valence-electron chi connectivity index (χ1n) is 4.58. The summed E-state index contributed by atoms with van der Waals surface area (Å²) in [6.07, 6.45) is -0.226. The van der Waals surface area contributed by atoms with Crippen LogP contribution in [0.2, 0.25) is 0 Å². The Kier molecular flexibility index (Phi) is 3.90. The van der Waals surface area contributed by atoms with E-state index in [0.717, 1.165) is 6.07 Å². The Labute approximate surface area is 96.7 Å². The van der Waals surface area contributed by atoms with Crippen molar-refractivity contribution in [3.63, 3.8) is 0 Å². The number of carboxylic acid groups (broad SMARTS) is 1. The number of phenols is 1. The van der Waals surface area contributed by atoms with Crippen LogP contribution in [0.25, 0.3) is 0 Å². The van der Waals surface area contributed by atoms with Crippen LogP contribution in [0.5, 0.6) is 5.75 Å². The number of hydrogen-bond donors (Lipinski definition) is 5. The molecule has 0 unspecified atom stereocenters. The van der Waals surface area contributed by atoms with E-state index in [1.165, 1.54) is 12.1 Å². The predicted octanol–water partition coefficient (Wildman–Crippen LogP) is -0.850. The first-order valence-corrected chi connectivity index (χ1v) is 6.19. The molecular formula is C9H12NO6P. The summed E-state index contributed by atoms with van der Waals surface area (Å²) in [6, 6.07) is 2.10. The lowest BCUT2D eigenvalue weighted by molar-refractivity contribution is -0.138. The van der Waals surface area contributed by atoms with Gasteiger partial charge in [-0.1, -0.05) is 6.07 Å². The standard InChI is InChI=1S/C9H12NO6P/c10-7(9(12)13)3-5-1-2-6(11)4-8(5)17(14,15)16/h1-2,4,7,11H,3,10H2,(H,12,13)(H2,14,15,16)/t7-/m0/s1. The molecule has 1 rings (SSSR count). The van der Waals surface area contributed by atoms with Crippen molar-refractivity contribution in [2.45, 2.75) is 12.5 Å². The lowest BCUT2D eigenvalue weighted by Gasteiger charge is -2.13. The number of carbonyl (C=O) groups is 1. The van der Waals surface area contributed by atoms with Crippen LogP contribution >= 0.6 is 7.60 Å². The zero-order valence-electron chi connectivity index (χ0n) is 8.65. The van der Waals surface area contributed by atoms with Crippen LogP contribution in [0.3, 0.4) is 0 Å². The number of rotatable bonds is 4. The summed E-state index contributed by atoms with van der Waals surface area (Å²) in [5.41, 5.74) is 5.39. The van der Waals surface area contributed by atoms with Crippen LogP contribution < -0.4 is 11.0 Å². The second-order valence-electron chi connectivity index (χ2n) is 3.51. The van der Waals surface area contributed by atoms with Crippen molar-refractivity contribution >= 4 is 18.9 Å². The minimum absolute atomic E-state index is 0.103. The summed E-state index contributed by atoms with van der Waals surface area (Å²) in [6.45, 7) is 0. The number of phenolic OH excluding ortho intramolecular Hbond substituents is 1. The van der Waals surface area contributed by atoms with Gasteiger partial charge in [0.2, 0.25) is 0 Å². The summed E-state index contributed by atoms with van der Waals surface area (Å²) >= 11 is 0. The van der Waals surface area contributed by atoms with Gasteiger partial charge in [-0.2, -0.15) is 0 Å². The summed E-state index contributed by atoms with van der Waals surface area (Å²) < 4.78 is 11.2. The number of aromatic hydroxyl groups is 1.